The Labute approximate surface area is 225 Å². The van der Waals surface area contributed by atoms with Crippen LogP contribution in [0.25, 0.3) is 32.9 Å². The maximum atomic E-state index is 13.5. The zero-order valence-corrected chi connectivity index (χ0v) is 21.9. The van der Waals surface area contributed by atoms with E-state index in [2.05, 4.69) is 38.4 Å². The van der Waals surface area contributed by atoms with Crippen molar-refractivity contribution in [3.05, 3.63) is 84.6 Å². The Bertz CT molecular complexity index is 1840. The first kappa shape index (κ1) is 25.1. The number of hydrogen-bond acceptors (Lipinski definition) is 7. The van der Waals surface area contributed by atoms with Crippen LogP contribution in [0, 0.1) is 0 Å². The van der Waals surface area contributed by atoms with Gasteiger partial charge < -0.3 is 19.7 Å². The van der Waals surface area contributed by atoms with Crippen molar-refractivity contribution >= 4 is 49.0 Å². The van der Waals surface area contributed by atoms with Crippen LogP contribution in [-0.2, 0) is 21.6 Å². The predicted octanol–water partition coefficient (Wildman–Crippen LogP) is 4.55. The van der Waals surface area contributed by atoms with Crippen molar-refractivity contribution in [2.75, 3.05) is 25.1 Å². The molecule has 1 atom stereocenters. The molecule has 1 aliphatic heterocycles. The monoisotopic (exact) mass is 542 g/mol. The van der Waals surface area contributed by atoms with Gasteiger partial charge in [0.25, 0.3) is 0 Å². The molecule has 1 fully saturated rings. The lowest BCUT2D eigenvalue weighted by Crippen LogP contribution is -2.46. The number of carbonyl (C=O) groups is 1. The van der Waals surface area contributed by atoms with Crippen LogP contribution in [-0.4, -0.2) is 54.2 Å². The van der Waals surface area contributed by atoms with Crippen LogP contribution in [0.5, 0.6) is 0 Å². The van der Waals surface area contributed by atoms with Gasteiger partial charge >= 0.3 is 5.97 Å². The van der Waals surface area contributed by atoms with E-state index >= 15 is 0 Å². The van der Waals surface area contributed by atoms with Crippen LogP contribution in [0.1, 0.15) is 10.4 Å². The molecule has 9 nitrogen and oxygen atoms in total. The van der Waals surface area contributed by atoms with Gasteiger partial charge in [0.2, 0.25) is 9.84 Å². The van der Waals surface area contributed by atoms with Crippen LogP contribution in [0.3, 0.4) is 0 Å². The summed E-state index contributed by atoms with van der Waals surface area (Å²) in [6.45, 7) is 0.879. The number of rotatable bonds is 6. The number of nitrogens with zero attached hydrogens (tertiary/aromatic N) is 2. The van der Waals surface area contributed by atoms with Gasteiger partial charge in [-0.2, -0.15) is 0 Å². The summed E-state index contributed by atoms with van der Waals surface area (Å²) in [5, 5.41) is 16.6. The van der Waals surface area contributed by atoms with Gasteiger partial charge in [-0.1, -0.05) is 30.3 Å². The number of sulfone groups is 1. The fourth-order valence-corrected chi connectivity index (χ4v) is 6.29. The Morgan fingerprint density at radius 1 is 1.05 bits per heavy atom. The van der Waals surface area contributed by atoms with Gasteiger partial charge in [-0.15, -0.1) is 0 Å². The highest BCUT2D eigenvalue weighted by molar-refractivity contribution is 7.92. The molecule has 3 aromatic carbocycles. The molecule has 2 aromatic heterocycles. The zero-order valence-electron chi connectivity index (χ0n) is 21.1. The second kappa shape index (κ2) is 9.81. The number of carboxylic acid groups (broad SMARTS) is 1. The van der Waals surface area contributed by atoms with E-state index in [1.165, 1.54) is 12.1 Å². The molecular formula is C29H26N4O5S. The average Bonchev–Trinajstić information content (AvgIpc) is 3.33. The van der Waals surface area contributed by atoms with Gasteiger partial charge in [0, 0.05) is 30.7 Å². The van der Waals surface area contributed by atoms with Crippen molar-refractivity contribution in [2.45, 2.75) is 10.4 Å². The van der Waals surface area contributed by atoms with Crippen LogP contribution >= 0.6 is 0 Å². The minimum atomic E-state index is -3.89. The largest absolute Gasteiger partial charge is 0.478 e. The van der Waals surface area contributed by atoms with E-state index in [1.54, 1.807) is 24.3 Å². The van der Waals surface area contributed by atoms with Crippen LogP contribution < -0.4 is 10.6 Å². The number of carboxylic acids is 1. The lowest BCUT2D eigenvalue weighted by Gasteiger charge is -2.24. The maximum Gasteiger partial charge on any atom is 0.337 e. The highest BCUT2D eigenvalue weighted by atomic mass is 32.2. The van der Waals surface area contributed by atoms with Gasteiger partial charge in [0.15, 0.2) is 5.03 Å². The summed E-state index contributed by atoms with van der Waals surface area (Å²) < 4.78 is 34.4. The second-order valence-corrected chi connectivity index (χ2v) is 11.6. The second-order valence-electron chi connectivity index (χ2n) is 9.48. The minimum absolute atomic E-state index is 0.0211. The third-order valence-corrected chi connectivity index (χ3v) is 8.83. The molecule has 0 spiro atoms. The summed E-state index contributed by atoms with van der Waals surface area (Å²) in [6, 6.07) is 21.9. The van der Waals surface area contributed by atoms with Crippen LogP contribution in [0.4, 0.5) is 11.4 Å². The molecule has 3 N–H and O–H groups in total. The molecule has 0 amide bonds. The van der Waals surface area contributed by atoms with E-state index in [1.807, 2.05) is 31.4 Å². The number of ether oxygens (including phenoxy) is 1. The minimum Gasteiger partial charge on any atom is -0.478 e. The molecule has 3 heterocycles. The molecule has 6 rings (SSSR count). The number of aryl methyl sites for hydroxylation is 1. The van der Waals surface area contributed by atoms with Crippen LogP contribution in [0.2, 0.25) is 0 Å². The fraction of sp³-hybridized carbons (Fsp3) is 0.172. The van der Waals surface area contributed by atoms with E-state index in [-0.39, 0.29) is 17.2 Å². The highest BCUT2D eigenvalue weighted by Crippen LogP contribution is 2.34. The molecule has 39 heavy (non-hydrogen) atoms. The first-order valence-corrected chi connectivity index (χ1v) is 14.0. The molecule has 0 radical (unpaired) electrons. The lowest BCUT2D eigenvalue weighted by molar-refractivity contribution is 0.0698. The number of hydrogen-bond donors (Lipinski definition) is 3. The van der Waals surface area contributed by atoms with E-state index in [9.17, 15) is 18.3 Å². The fourth-order valence-electron chi connectivity index (χ4n) is 4.88. The summed E-state index contributed by atoms with van der Waals surface area (Å²) in [5.74, 6) is -1.09. The van der Waals surface area contributed by atoms with E-state index in [4.69, 9.17) is 4.74 Å². The number of anilines is 2. The maximum absolute atomic E-state index is 13.5. The summed E-state index contributed by atoms with van der Waals surface area (Å²) >= 11 is 0. The lowest BCUT2D eigenvalue weighted by atomic mass is 10.0. The van der Waals surface area contributed by atoms with E-state index < -0.39 is 21.2 Å². The third-order valence-electron chi connectivity index (χ3n) is 6.99. The number of benzene rings is 3. The molecule has 0 aliphatic carbocycles. The summed E-state index contributed by atoms with van der Waals surface area (Å²) in [7, 11) is -1.89. The Morgan fingerprint density at radius 2 is 1.85 bits per heavy atom. The standard InChI is InChI=1S/C29H26N4O5S/c1-33-12-10-18-6-7-20(15-26(18)33)19-8-9-24-22(14-19)25(31-23-5-3-2-4-21(23)29(34)35)16-27(32-24)39(36,37)28-17-38-13-11-30-28/h2-10,12,14-16,28,30H,11,13,17H2,1H3,(H,31,32)(H,34,35). The van der Waals surface area contributed by atoms with Crippen molar-refractivity contribution < 1.29 is 23.1 Å². The number of nitrogens with one attached hydrogen (secondary N) is 2. The first-order chi connectivity index (χ1) is 18.8. The van der Waals surface area contributed by atoms with Crippen molar-refractivity contribution in [1.82, 2.24) is 14.9 Å². The van der Waals surface area contributed by atoms with Gasteiger partial charge in [-0.3, -0.25) is 5.32 Å². The molecule has 0 bridgehead atoms. The average molecular weight is 543 g/mol. The van der Waals surface area contributed by atoms with Crippen LogP contribution in [0.15, 0.2) is 84.0 Å². The number of aromatic carboxylic acids is 1. The Balaban J connectivity index is 1.52. The van der Waals surface area contributed by atoms with Crippen molar-refractivity contribution in [3.8, 4) is 11.1 Å². The van der Waals surface area contributed by atoms with Crippen molar-refractivity contribution in [2.24, 2.45) is 7.05 Å². The SMILES string of the molecule is Cn1ccc2ccc(-c3ccc4nc(S(=O)(=O)C5COCCN5)cc(Nc5ccccc5C(=O)O)c4c3)cc21. The van der Waals surface area contributed by atoms with E-state index in [0.29, 0.717) is 35.4 Å². The Morgan fingerprint density at radius 3 is 2.64 bits per heavy atom. The van der Waals surface area contributed by atoms with E-state index in [0.717, 1.165) is 22.0 Å². The first-order valence-electron chi connectivity index (χ1n) is 12.5. The molecule has 198 valence electrons. The number of aromatic nitrogens is 2. The van der Waals surface area contributed by atoms with Gasteiger partial charge in [0.1, 0.15) is 5.37 Å². The van der Waals surface area contributed by atoms with Crippen molar-refractivity contribution in [3.63, 3.8) is 0 Å². The number of para-hydroxylation sites is 1. The summed E-state index contributed by atoms with van der Waals surface area (Å²) in [4.78, 5) is 16.4. The predicted molar refractivity (Wildman–Crippen MR) is 150 cm³/mol. The topological polar surface area (TPSA) is 123 Å². The molecular weight excluding hydrogens is 516 g/mol. The zero-order chi connectivity index (χ0) is 27.1. The normalized spacial score (nSPS) is 16.0. The molecule has 10 heteroatoms. The third kappa shape index (κ3) is 4.63. The quantitative estimate of drug-likeness (QED) is 0.286. The molecule has 1 aliphatic rings. The Kier molecular flexibility index (Phi) is 6.30. The molecule has 0 saturated carbocycles. The van der Waals surface area contributed by atoms with Gasteiger partial charge in [-0.05, 0) is 59.0 Å². The summed E-state index contributed by atoms with van der Waals surface area (Å²) in [5.41, 5.74) is 4.30. The number of pyridine rings is 1. The van der Waals surface area contributed by atoms with Gasteiger partial charge in [-0.25, -0.2) is 18.2 Å². The molecule has 5 aromatic rings. The highest BCUT2D eigenvalue weighted by Gasteiger charge is 2.31. The molecule has 1 unspecified atom stereocenters. The number of morpholine rings is 1. The smallest absolute Gasteiger partial charge is 0.337 e. The number of fused-ring (bicyclic) bond motifs is 2. The molecule has 1 saturated heterocycles. The van der Waals surface area contributed by atoms with Crippen molar-refractivity contribution in [1.29, 1.82) is 0 Å². The van der Waals surface area contributed by atoms with Gasteiger partial charge in [0.05, 0.1) is 35.7 Å². The summed E-state index contributed by atoms with van der Waals surface area (Å²) in [6.07, 6.45) is 2.01. The Hall–Kier alpha value is -4.25.